The first-order chi connectivity index (χ1) is 28.7. The Morgan fingerprint density at radius 3 is 1.74 bits per heavy atom. The Hall–Kier alpha value is -7.96. The van der Waals surface area contributed by atoms with Crippen molar-refractivity contribution in [3.8, 4) is 56.5 Å². The van der Waals surface area contributed by atoms with Crippen LogP contribution < -0.4 is 0 Å². The van der Waals surface area contributed by atoms with Crippen molar-refractivity contribution in [3.05, 3.63) is 182 Å². The van der Waals surface area contributed by atoms with E-state index in [0.29, 0.717) is 17.5 Å². The Morgan fingerprint density at radius 1 is 0.310 bits per heavy atom. The zero-order valence-electron chi connectivity index (χ0n) is 30.9. The van der Waals surface area contributed by atoms with Crippen LogP contribution in [0.5, 0.6) is 0 Å². The molecule has 0 aliphatic carbocycles. The highest BCUT2D eigenvalue weighted by Crippen LogP contribution is 2.44. The van der Waals surface area contributed by atoms with Gasteiger partial charge in [-0.2, -0.15) is 0 Å². The summed E-state index contributed by atoms with van der Waals surface area (Å²) in [5, 5.41) is 7.52. The van der Waals surface area contributed by atoms with Gasteiger partial charge in [0, 0.05) is 60.0 Å². The summed E-state index contributed by atoms with van der Waals surface area (Å²) in [5.41, 5.74) is 10.7. The number of para-hydroxylation sites is 4. The van der Waals surface area contributed by atoms with Crippen LogP contribution in [0.1, 0.15) is 0 Å². The monoisotopic (exact) mass is 742 g/mol. The molecule has 58 heavy (non-hydrogen) atoms. The molecule has 0 saturated carbocycles. The SMILES string of the molecule is c1ccc(-c2nc(-c3cccc(-c4cccc5c4oc4ccc6c(-c7ccccc7)nc7ccccc7c6c45)c3)nc(-c3cccc4c3oc3ccccc34)n2)cc1. The van der Waals surface area contributed by atoms with Gasteiger partial charge in [0.1, 0.15) is 22.3 Å². The van der Waals surface area contributed by atoms with Gasteiger partial charge in [-0.3, -0.25) is 0 Å². The summed E-state index contributed by atoms with van der Waals surface area (Å²) in [6.45, 7) is 0. The van der Waals surface area contributed by atoms with Gasteiger partial charge in [-0.05, 0) is 42.0 Å². The van der Waals surface area contributed by atoms with Crippen LogP contribution in [-0.4, -0.2) is 19.9 Å². The van der Waals surface area contributed by atoms with E-state index in [2.05, 4.69) is 109 Å². The van der Waals surface area contributed by atoms with Crippen LogP contribution in [0.25, 0.3) is 122 Å². The molecule has 0 N–H and O–H groups in total. The number of rotatable bonds is 5. The second-order valence-electron chi connectivity index (χ2n) is 14.5. The van der Waals surface area contributed by atoms with E-state index in [0.717, 1.165) is 105 Å². The fraction of sp³-hybridized carbons (Fsp3) is 0. The molecule has 0 spiro atoms. The molecule has 0 aliphatic rings. The maximum Gasteiger partial charge on any atom is 0.167 e. The van der Waals surface area contributed by atoms with E-state index in [9.17, 15) is 0 Å². The van der Waals surface area contributed by atoms with E-state index in [1.54, 1.807) is 0 Å². The van der Waals surface area contributed by atoms with Crippen molar-refractivity contribution in [3.63, 3.8) is 0 Å². The van der Waals surface area contributed by atoms with Crippen molar-refractivity contribution < 1.29 is 8.83 Å². The molecule has 0 bridgehead atoms. The molecule has 0 saturated heterocycles. The van der Waals surface area contributed by atoms with Crippen LogP contribution in [0.3, 0.4) is 0 Å². The van der Waals surface area contributed by atoms with Gasteiger partial charge >= 0.3 is 0 Å². The number of benzene rings is 8. The lowest BCUT2D eigenvalue weighted by molar-refractivity contribution is 0.669. The Kier molecular flexibility index (Phi) is 7.13. The van der Waals surface area contributed by atoms with Crippen molar-refractivity contribution >= 4 is 65.6 Å². The molecule has 0 fully saturated rings. The molecule has 0 amide bonds. The summed E-state index contributed by atoms with van der Waals surface area (Å²) in [4.78, 5) is 20.4. The van der Waals surface area contributed by atoms with Crippen LogP contribution in [0, 0.1) is 0 Å². The predicted molar refractivity (Wildman–Crippen MR) is 234 cm³/mol. The van der Waals surface area contributed by atoms with Crippen molar-refractivity contribution in [1.82, 2.24) is 19.9 Å². The molecule has 8 aromatic carbocycles. The maximum atomic E-state index is 6.83. The predicted octanol–water partition coefficient (Wildman–Crippen LogP) is 13.7. The molecule has 6 nitrogen and oxygen atoms in total. The molecular weight excluding hydrogens is 713 g/mol. The van der Waals surface area contributed by atoms with E-state index >= 15 is 0 Å². The van der Waals surface area contributed by atoms with Gasteiger partial charge < -0.3 is 8.83 Å². The minimum absolute atomic E-state index is 0.543. The van der Waals surface area contributed by atoms with Gasteiger partial charge in [-0.15, -0.1) is 0 Å². The van der Waals surface area contributed by atoms with Crippen LogP contribution in [0.4, 0.5) is 0 Å². The smallest absolute Gasteiger partial charge is 0.167 e. The topological polar surface area (TPSA) is 77.8 Å². The maximum absolute atomic E-state index is 6.83. The molecule has 0 unspecified atom stereocenters. The number of hydrogen-bond acceptors (Lipinski definition) is 6. The first-order valence-electron chi connectivity index (χ1n) is 19.3. The number of nitrogens with zero attached hydrogens (tertiary/aromatic N) is 4. The van der Waals surface area contributed by atoms with Crippen molar-refractivity contribution in [2.75, 3.05) is 0 Å². The molecule has 12 aromatic rings. The molecule has 12 rings (SSSR count). The van der Waals surface area contributed by atoms with E-state index < -0.39 is 0 Å². The number of aromatic nitrogens is 4. The fourth-order valence-electron chi connectivity index (χ4n) is 8.46. The summed E-state index contributed by atoms with van der Waals surface area (Å²) in [5.74, 6) is 1.69. The van der Waals surface area contributed by atoms with Crippen molar-refractivity contribution in [1.29, 1.82) is 0 Å². The molecule has 4 heterocycles. The molecule has 0 atom stereocenters. The molecule has 0 aliphatic heterocycles. The van der Waals surface area contributed by atoms with Gasteiger partial charge in [-0.1, -0.05) is 146 Å². The van der Waals surface area contributed by atoms with Crippen molar-refractivity contribution in [2.45, 2.75) is 0 Å². The van der Waals surface area contributed by atoms with Crippen LogP contribution in [0.2, 0.25) is 0 Å². The third-order valence-corrected chi connectivity index (χ3v) is 11.1. The second-order valence-corrected chi connectivity index (χ2v) is 14.5. The average molecular weight is 743 g/mol. The molecule has 0 radical (unpaired) electrons. The first kappa shape index (κ1) is 32.3. The summed E-state index contributed by atoms with van der Waals surface area (Å²) < 4.78 is 13.3. The first-order valence-corrected chi connectivity index (χ1v) is 19.3. The zero-order chi connectivity index (χ0) is 38.2. The lowest BCUT2D eigenvalue weighted by atomic mass is 9.95. The molecular formula is C52H30N4O2. The number of pyridine rings is 1. The Bertz CT molecular complexity index is 3570. The highest BCUT2D eigenvalue weighted by atomic mass is 16.3. The lowest BCUT2D eigenvalue weighted by Gasteiger charge is -2.11. The Balaban J connectivity index is 1.05. The summed E-state index contributed by atoms with van der Waals surface area (Å²) in [7, 11) is 0. The van der Waals surface area contributed by atoms with Gasteiger partial charge in [0.15, 0.2) is 17.5 Å². The van der Waals surface area contributed by atoms with E-state index in [1.807, 2.05) is 72.8 Å². The largest absolute Gasteiger partial charge is 0.455 e. The van der Waals surface area contributed by atoms with Gasteiger partial charge in [0.25, 0.3) is 0 Å². The van der Waals surface area contributed by atoms with Crippen LogP contribution in [-0.2, 0) is 0 Å². The highest BCUT2D eigenvalue weighted by Gasteiger charge is 2.21. The van der Waals surface area contributed by atoms with Gasteiger partial charge in [0.2, 0.25) is 0 Å². The van der Waals surface area contributed by atoms with Crippen molar-refractivity contribution in [2.24, 2.45) is 0 Å². The third-order valence-electron chi connectivity index (χ3n) is 11.1. The van der Waals surface area contributed by atoms with E-state index in [-0.39, 0.29) is 0 Å². The zero-order valence-corrected chi connectivity index (χ0v) is 30.9. The average Bonchev–Trinajstić information content (AvgIpc) is 3.88. The molecule has 6 heteroatoms. The van der Waals surface area contributed by atoms with Gasteiger partial charge in [0.05, 0.1) is 16.8 Å². The minimum Gasteiger partial charge on any atom is -0.455 e. The fourth-order valence-corrected chi connectivity index (χ4v) is 8.46. The third kappa shape index (κ3) is 5.05. The standard InChI is InChI=1S/C52H30N4O2/c1-3-14-31(15-4-1)47-39-28-29-44-46(45(39)38-21-7-9-26-42(38)53-47)40-24-12-22-35(48(40)58-44)33-18-11-19-34(30-33)51-54-50(32-16-5-2-6-17-32)55-52(56-51)41-25-13-23-37-36-20-8-10-27-43(36)57-49(37)41/h1-30H. The second kappa shape index (κ2) is 12.8. The molecule has 270 valence electrons. The van der Waals surface area contributed by atoms with E-state index in [1.165, 1.54) is 0 Å². The summed E-state index contributed by atoms with van der Waals surface area (Å²) >= 11 is 0. The summed E-state index contributed by atoms with van der Waals surface area (Å²) in [6, 6.07) is 62.0. The lowest BCUT2D eigenvalue weighted by Crippen LogP contribution is -2.00. The highest BCUT2D eigenvalue weighted by molar-refractivity contribution is 6.29. The quantitative estimate of drug-likeness (QED) is 0.163. The van der Waals surface area contributed by atoms with Crippen LogP contribution >= 0.6 is 0 Å². The van der Waals surface area contributed by atoms with E-state index in [4.69, 9.17) is 28.8 Å². The number of fused-ring (bicyclic) bond motifs is 10. The number of furan rings is 2. The van der Waals surface area contributed by atoms with Gasteiger partial charge in [-0.25, -0.2) is 19.9 Å². The Labute approximate surface area is 331 Å². The number of hydrogen-bond donors (Lipinski definition) is 0. The van der Waals surface area contributed by atoms with Crippen LogP contribution in [0.15, 0.2) is 191 Å². The minimum atomic E-state index is 0.543. The normalized spacial score (nSPS) is 11.8. The summed E-state index contributed by atoms with van der Waals surface area (Å²) in [6.07, 6.45) is 0. The molecule has 4 aromatic heterocycles. The Morgan fingerprint density at radius 2 is 0.897 bits per heavy atom.